The molecule has 0 radical (unpaired) electrons. The van der Waals surface area contributed by atoms with Crippen LogP contribution in [-0.4, -0.2) is 48.0 Å². The fourth-order valence-electron chi connectivity index (χ4n) is 1.83. The maximum atomic E-state index is 9.63. The number of ether oxygens (including phenoxy) is 1. The number of nitrogens with zero attached hydrogens (tertiary/aromatic N) is 2. The normalized spacial score (nSPS) is 16.2. The fraction of sp³-hybridized carbons (Fsp3) is 0.692. The molecule has 1 aliphatic rings. The Labute approximate surface area is 113 Å². The minimum atomic E-state index is -0.535. The molecule has 0 spiro atoms. The Morgan fingerprint density at radius 3 is 2.63 bits per heavy atom. The van der Waals surface area contributed by atoms with Crippen LogP contribution in [0.4, 0.5) is 11.6 Å². The first kappa shape index (κ1) is 14.0. The Morgan fingerprint density at radius 1 is 1.37 bits per heavy atom. The molecule has 0 bridgehead atoms. The van der Waals surface area contributed by atoms with Crippen molar-refractivity contribution in [2.24, 2.45) is 0 Å². The third kappa shape index (κ3) is 4.33. The monoisotopic (exact) mass is 266 g/mol. The molecule has 6 nitrogen and oxygen atoms in total. The number of hydrogen-bond acceptors (Lipinski definition) is 6. The van der Waals surface area contributed by atoms with Gasteiger partial charge < -0.3 is 20.5 Å². The van der Waals surface area contributed by atoms with Gasteiger partial charge in [0.25, 0.3) is 0 Å². The van der Waals surface area contributed by atoms with Crippen LogP contribution in [0.25, 0.3) is 0 Å². The van der Waals surface area contributed by atoms with Gasteiger partial charge in [0.15, 0.2) is 0 Å². The molecule has 1 atom stereocenters. The van der Waals surface area contributed by atoms with Crippen LogP contribution in [0.1, 0.15) is 31.5 Å². The first-order valence-corrected chi connectivity index (χ1v) is 6.76. The van der Waals surface area contributed by atoms with Crippen molar-refractivity contribution in [2.75, 3.05) is 37.4 Å². The highest BCUT2D eigenvalue weighted by molar-refractivity contribution is 5.48. The maximum Gasteiger partial charge on any atom is 0.136 e. The van der Waals surface area contributed by atoms with Crippen LogP contribution < -0.4 is 10.6 Å². The average molecular weight is 266 g/mol. The van der Waals surface area contributed by atoms with E-state index in [1.54, 1.807) is 7.11 Å². The van der Waals surface area contributed by atoms with Crippen molar-refractivity contribution >= 4 is 11.6 Å². The zero-order valence-electron chi connectivity index (χ0n) is 11.5. The second kappa shape index (κ2) is 6.68. The van der Waals surface area contributed by atoms with Crippen molar-refractivity contribution in [1.82, 2.24) is 9.97 Å². The maximum absolute atomic E-state index is 9.63. The van der Waals surface area contributed by atoms with Gasteiger partial charge in [0.2, 0.25) is 0 Å². The van der Waals surface area contributed by atoms with E-state index < -0.39 is 6.10 Å². The second-order valence-corrected chi connectivity index (χ2v) is 4.79. The van der Waals surface area contributed by atoms with E-state index in [4.69, 9.17) is 4.74 Å². The van der Waals surface area contributed by atoms with Crippen LogP contribution in [0.3, 0.4) is 0 Å². The van der Waals surface area contributed by atoms with Crippen LogP contribution in [0.5, 0.6) is 0 Å². The summed E-state index contributed by atoms with van der Waals surface area (Å²) in [5, 5.41) is 16.0. The SMILES string of the molecule is CCNc1cc(NCC(O)COC)nc(C2CC2)n1. The summed E-state index contributed by atoms with van der Waals surface area (Å²) < 4.78 is 4.89. The summed E-state index contributed by atoms with van der Waals surface area (Å²) in [6.07, 6.45) is 1.80. The van der Waals surface area contributed by atoms with Gasteiger partial charge >= 0.3 is 0 Å². The van der Waals surface area contributed by atoms with Crippen LogP contribution in [0, 0.1) is 0 Å². The van der Waals surface area contributed by atoms with Gasteiger partial charge in [0.05, 0.1) is 12.7 Å². The highest BCUT2D eigenvalue weighted by Crippen LogP contribution is 2.38. The smallest absolute Gasteiger partial charge is 0.136 e. The lowest BCUT2D eigenvalue weighted by Gasteiger charge is -2.13. The van der Waals surface area contributed by atoms with Gasteiger partial charge in [-0.05, 0) is 19.8 Å². The summed E-state index contributed by atoms with van der Waals surface area (Å²) in [4.78, 5) is 8.99. The second-order valence-electron chi connectivity index (χ2n) is 4.79. The first-order valence-electron chi connectivity index (χ1n) is 6.76. The van der Waals surface area contributed by atoms with E-state index in [1.807, 2.05) is 13.0 Å². The Hall–Kier alpha value is -1.40. The van der Waals surface area contributed by atoms with E-state index in [9.17, 15) is 5.11 Å². The van der Waals surface area contributed by atoms with Crippen LogP contribution in [-0.2, 0) is 4.74 Å². The standard InChI is InChI=1S/C13H22N4O2/c1-3-14-11-6-12(15-7-10(18)8-19-2)17-13(16-11)9-4-5-9/h6,9-10,18H,3-5,7-8H2,1-2H3,(H2,14,15,16,17). The van der Waals surface area contributed by atoms with Gasteiger partial charge in [0, 0.05) is 32.2 Å². The minimum absolute atomic E-state index is 0.313. The molecule has 1 saturated carbocycles. The van der Waals surface area contributed by atoms with E-state index in [1.165, 1.54) is 12.8 Å². The third-order valence-corrected chi connectivity index (χ3v) is 2.92. The largest absolute Gasteiger partial charge is 0.389 e. The Kier molecular flexibility index (Phi) is 4.93. The molecule has 1 aliphatic carbocycles. The van der Waals surface area contributed by atoms with Gasteiger partial charge in [-0.25, -0.2) is 9.97 Å². The lowest BCUT2D eigenvalue weighted by molar-refractivity contribution is 0.0727. The lowest BCUT2D eigenvalue weighted by Crippen LogP contribution is -2.24. The predicted octanol–water partition coefficient (Wildman–Crippen LogP) is 1.20. The Balaban J connectivity index is 2.01. The van der Waals surface area contributed by atoms with Crippen LogP contribution >= 0.6 is 0 Å². The highest BCUT2D eigenvalue weighted by atomic mass is 16.5. The molecule has 0 aromatic carbocycles. The molecular weight excluding hydrogens is 244 g/mol. The zero-order chi connectivity index (χ0) is 13.7. The molecule has 1 heterocycles. The molecule has 2 rings (SSSR count). The van der Waals surface area contributed by atoms with Gasteiger partial charge in [-0.2, -0.15) is 0 Å². The van der Waals surface area contributed by atoms with Crippen molar-refractivity contribution in [3.63, 3.8) is 0 Å². The molecule has 1 aromatic rings. The third-order valence-electron chi connectivity index (χ3n) is 2.92. The number of methoxy groups -OCH3 is 1. The van der Waals surface area contributed by atoms with E-state index in [-0.39, 0.29) is 0 Å². The molecule has 19 heavy (non-hydrogen) atoms. The van der Waals surface area contributed by atoms with Crippen molar-refractivity contribution in [3.8, 4) is 0 Å². The average Bonchev–Trinajstić information content (AvgIpc) is 3.21. The number of aliphatic hydroxyl groups is 1. The quantitative estimate of drug-likeness (QED) is 0.656. The van der Waals surface area contributed by atoms with Crippen molar-refractivity contribution in [3.05, 3.63) is 11.9 Å². The van der Waals surface area contributed by atoms with Gasteiger partial charge in [-0.1, -0.05) is 0 Å². The molecule has 0 saturated heterocycles. The van der Waals surface area contributed by atoms with E-state index in [0.29, 0.717) is 19.1 Å². The molecule has 3 N–H and O–H groups in total. The molecule has 1 aromatic heterocycles. The molecule has 6 heteroatoms. The van der Waals surface area contributed by atoms with E-state index in [2.05, 4.69) is 20.6 Å². The number of hydrogen-bond donors (Lipinski definition) is 3. The molecule has 0 aliphatic heterocycles. The van der Waals surface area contributed by atoms with Gasteiger partial charge in [-0.3, -0.25) is 0 Å². The number of aromatic nitrogens is 2. The fourth-order valence-corrected chi connectivity index (χ4v) is 1.83. The zero-order valence-corrected chi connectivity index (χ0v) is 11.5. The van der Waals surface area contributed by atoms with Crippen LogP contribution in [0.2, 0.25) is 0 Å². The lowest BCUT2D eigenvalue weighted by atomic mass is 10.3. The van der Waals surface area contributed by atoms with E-state index >= 15 is 0 Å². The summed E-state index contributed by atoms with van der Waals surface area (Å²) in [5.74, 6) is 2.98. The van der Waals surface area contributed by atoms with Gasteiger partial charge in [-0.15, -0.1) is 0 Å². The highest BCUT2D eigenvalue weighted by Gasteiger charge is 2.27. The van der Waals surface area contributed by atoms with Crippen molar-refractivity contribution in [1.29, 1.82) is 0 Å². The minimum Gasteiger partial charge on any atom is -0.389 e. The summed E-state index contributed by atoms with van der Waals surface area (Å²) in [7, 11) is 1.57. The molecule has 106 valence electrons. The Bertz CT molecular complexity index is 410. The number of rotatable bonds is 8. The van der Waals surface area contributed by atoms with E-state index in [0.717, 1.165) is 24.0 Å². The Morgan fingerprint density at radius 2 is 2.05 bits per heavy atom. The molecular formula is C13H22N4O2. The van der Waals surface area contributed by atoms with Crippen molar-refractivity contribution in [2.45, 2.75) is 31.8 Å². The van der Waals surface area contributed by atoms with Crippen molar-refractivity contribution < 1.29 is 9.84 Å². The summed E-state index contributed by atoms with van der Waals surface area (Å²) in [5.41, 5.74) is 0. The molecule has 1 unspecified atom stereocenters. The number of anilines is 2. The topological polar surface area (TPSA) is 79.3 Å². The summed E-state index contributed by atoms with van der Waals surface area (Å²) in [6, 6.07) is 1.87. The number of nitrogens with one attached hydrogen (secondary N) is 2. The van der Waals surface area contributed by atoms with Crippen LogP contribution in [0.15, 0.2) is 6.07 Å². The van der Waals surface area contributed by atoms with Gasteiger partial charge in [0.1, 0.15) is 17.5 Å². The summed E-state index contributed by atoms with van der Waals surface area (Å²) >= 11 is 0. The molecule has 1 fully saturated rings. The predicted molar refractivity (Wildman–Crippen MR) is 74.5 cm³/mol. The number of aliphatic hydroxyl groups excluding tert-OH is 1. The molecule has 0 amide bonds. The summed E-state index contributed by atoms with van der Waals surface area (Å²) in [6.45, 7) is 3.59. The first-order chi connectivity index (χ1) is 9.22.